The lowest BCUT2D eigenvalue weighted by Gasteiger charge is -2.29. The number of hydrogen-bond acceptors (Lipinski definition) is 3. The predicted molar refractivity (Wildman–Crippen MR) is 103 cm³/mol. The Morgan fingerprint density at radius 1 is 1.14 bits per heavy atom. The molecule has 0 aromatic heterocycles. The fourth-order valence-corrected chi connectivity index (χ4v) is 3.61. The van der Waals surface area contributed by atoms with Crippen LogP contribution < -0.4 is 4.74 Å². The molecule has 1 aliphatic carbocycles. The van der Waals surface area contributed by atoms with Gasteiger partial charge in [-0.25, -0.2) is 4.79 Å². The molecule has 0 N–H and O–H groups in total. The molecule has 1 amide bonds. The molecule has 2 atom stereocenters. The maximum absolute atomic E-state index is 12.8. The largest absolute Gasteiger partial charge is 0.486 e. The number of fused-ring (bicyclic) bond motifs is 1. The van der Waals surface area contributed by atoms with Gasteiger partial charge in [-0.05, 0) is 55.2 Å². The van der Waals surface area contributed by atoms with Crippen molar-refractivity contribution in [2.24, 2.45) is 0 Å². The summed E-state index contributed by atoms with van der Waals surface area (Å²) in [5.74, 6) is 0.359. The van der Waals surface area contributed by atoms with E-state index in [1.165, 1.54) is 12.1 Å². The number of benzene rings is 2. The van der Waals surface area contributed by atoms with Crippen molar-refractivity contribution >= 4 is 6.09 Å². The van der Waals surface area contributed by atoms with Crippen molar-refractivity contribution in [2.75, 3.05) is 13.7 Å². The summed E-state index contributed by atoms with van der Waals surface area (Å²) in [4.78, 5) is 13.8. The Morgan fingerprint density at radius 2 is 1.83 bits per heavy atom. The van der Waals surface area contributed by atoms with E-state index in [9.17, 15) is 18.0 Å². The number of rotatable bonds is 4. The van der Waals surface area contributed by atoms with Crippen molar-refractivity contribution in [1.82, 2.24) is 4.90 Å². The lowest BCUT2D eigenvalue weighted by molar-refractivity contribution is -0.137. The molecule has 0 aliphatic heterocycles. The van der Waals surface area contributed by atoms with Gasteiger partial charge in [-0.2, -0.15) is 13.2 Å². The van der Waals surface area contributed by atoms with E-state index in [0.717, 1.165) is 36.1 Å². The van der Waals surface area contributed by atoms with Crippen LogP contribution >= 0.6 is 0 Å². The van der Waals surface area contributed by atoms with Crippen molar-refractivity contribution < 1.29 is 27.4 Å². The van der Waals surface area contributed by atoms with Gasteiger partial charge in [0.1, 0.15) is 11.9 Å². The summed E-state index contributed by atoms with van der Waals surface area (Å²) in [6.07, 6.45) is -3.12. The number of aryl methyl sites for hydroxylation is 1. The Kier molecular flexibility index (Phi) is 6.35. The third kappa shape index (κ3) is 5.02. The van der Waals surface area contributed by atoms with Gasteiger partial charge in [0.25, 0.3) is 0 Å². The zero-order chi connectivity index (χ0) is 21.0. The molecule has 7 heteroatoms. The van der Waals surface area contributed by atoms with Crippen LogP contribution in [0.1, 0.15) is 42.6 Å². The van der Waals surface area contributed by atoms with Gasteiger partial charge in [0.2, 0.25) is 0 Å². The number of ether oxygens (including phenoxy) is 2. The molecule has 0 saturated carbocycles. The minimum Gasteiger partial charge on any atom is -0.486 e. The average molecular weight is 407 g/mol. The number of carbonyl (C=O) groups is 1. The van der Waals surface area contributed by atoms with Crippen LogP contribution in [-0.2, 0) is 17.3 Å². The monoisotopic (exact) mass is 407 g/mol. The maximum Gasteiger partial charge on any atom is 0.416 e. The zero-order valence-electron chi connectivity index (χ0n) is 16.4. The highest BCUT2D eigenvalue weighted by molar-refractivity contribution is 5.67. The summed E-state index contributed by atoms with van der Waals surface area (Å²) in [5, 5.41) is 0. The van der Waals surface area contributed by atoms with Crippen LogP contribution in [-0.4, -0.2) is 30.7 Å². The molecule has 2 aromatic rings. The summed E-state index contributed by atoms with van der Waals surface area (Å²) >= 11 is 0. The number of alkyl halides is 3. The van der Waals surface area contributed by atoms with Crippen molar-refractivity contribution in [3.63, 3.8) is 0 Å². The fraction of sp³-hybridized carbons (Fsp3) is 0.409. The third-order valence-corrected chi connectivity index (χ3v) is 5.20. The minimum atomic E-state index is -4.39. The second kappa shape index (κ2) is 8.76. The molecule has 4 nitrogen and oxygen atoms in total. The highest BCUT2D eigenvalue weighted by Crippen LogP contribution is 2.36. The molecule has 0 bridgehead atoms. The van der Waals surface area contributed by atoms with Crippen LogP contribution in [0.25, 0.3) is 0 Å². The summed E-state index contributed by atoms with van der Waals surface area (Å²) < 4.78 is 49.7. The summed E-state index contributed by atoms with van der Waals surface area (Å²) in [6, 6.07) is 12.4. The molecular formula is C22H24F3NO3. The summed E-state index contributed by atoms with van der Waals surface area (Å²) in [7, 11) is 1.70. The first-order valence-corrected chi connectivity index (χ1v) is 9.61. The SMILES string of the molecule is CCOC(=O)N(C)C1CCc2ccccc2C(Oc2ccc(C(F)(F)F)cc2)C1. The van der Waals surface area contributed by atoms with Crippen molar-refractivity contribution in [3.8, 4) is 5.75 Å². The van der Waals surface area contributed by atoms with Gasteiger partial charge >= 0.3 is 12.3 Å². The van der Waals surface area contributed by atoms with Crippen LogP contribution in [0, 0.1) is 0 Å². The van der Waals surface area contributed by atoms with E-state index >= 15 is 0 Å². The molecule has 0 fully saturated rings. The van der Waals surface area contributed by atoms with Gasteiger partial charge < -0.3 is 14.4 Å². The van der Waals surface area contributed by atoms with Gasteiger partial charge in [-0.3, -0.25) is 0 Å². The van der Waals surface area contributed by atoms with Crippen LogP contribution in [0.3, 0.4) is 0 Å². The maximum atomic E-state index is 12.8. The van der Waals surface area contributed by atoms with Crippen LogP contribution in [0.5, 0.6) is 5.75 Å². The number of amides is 1. The highest BCUT2D eigenvalue weighted by atomic mass is 19.4. The molecule has 0 spiro atoms. The Labute approximate surface area is 168 Å². The molecule has 2 aromatic carbocycles. The number of nitrogens with zero attached hydrogens (tertiary/aromatic N) is 1. The second-order valence-corrected chi connectivity index (χ2v) is 7.07. The molecular weight excluding hydrogens is 383 g/mol. The van der Waals surface area contributed by atoms with E-state index in [0.29, 0.717) is 18.8 Å². The zero-order valence-corrected chi connectivity index (χ0v) is 16.4. The number of hydrogen-bond donors (Lipinski definition) is 0. The molecule has 0 heterocycles. The molecule has 1 aliphatic rings. The van der Waals surface area contributed by atoms with Gasteiger partial charge in [0.05, 0.1) is 12.2 Å². The summed E-state index contributed by atoms with van der Waals surface area (Å²) in [6.45, 7) is 2.05. The summed E-state index contributed by atoms with van der Waals surface area (Å²) in [5.41, 5.74) is 1.39. The molecule has 0 radical (unpaired) electrons. The third-order valence-electron chi connectivity index (χ3n) is 5.20. The smallest absolute Gasteiger partial charge is 0.416 e. The van der Waals surface area contributed by atoms with Crippen molar-refractivity contribution in [2.45, 2.75) is 44.5 Å². The normalized spacial score (nSPS) is 19.1. The van der Waals surface area contributed by atoms with Gasteiger partial charge in [0.15, 0.2) is 0 Å². The van der Waals surface area contributed by atoms with E-state index in [2.05, 4.69) is 0 Å². The molecule has 0 saturated heterocycles. The lowest BCUT2D eigenvalue weighted by atomic mass is 10.0. The lowest BCUT2D eigenvalue weighted by Crippen LogP contribution is -2.38. The quantitative estimate of drug-likeness (QED) is 0.618. The molecule has 156 valence electrons. The molecule has 2 unspecified atom stereocenters. The number of carbonyl (C=O) groups excluding carboxylic acids is 1. The van der Waals surface area contributed by atoms with Crippen LogP contribution in [0.15, 0.2) is 48.5 Å². The number of halogens is 3. The molecule has 3 rings (SSSR count). The standard InChI is InChI=1S/C22H24F3NO3/c1-3-28-21(27)26(2)17-11-8-15-6-4-5-7-19(15)20(14-17)29-18-12-9-16(10-13-18)22(23,24)25/h4-7,9-10,12-13,17,20H,3,8,11,14H2,1-2H3. The van der Waals surface area contributed by atoms with Gasteiger partial charge in [0, 0.05) is 19.5 Å². The highest BCUT2D eigenvalue weighted by Gasteiger charge is 2.32. The second-order valence-electron chi connectivity index (χ2n) is 7.07. The Bertz CT molecular complexity index is 836. The predicted octanol–water partition coefficient (Wildman–Crippen LogP) is 5.62. The topological polar surface area (TPSA) is 38.8 Å². The molecule has 29 heavy (non-hydrogen) atoms. The van der Waals surface area contributed by atoms with Crippen molar-refractivity contribution in [1.29, 1.82) is 0 Å². The van der Waals surface area contributed by atoms with E-state index in [4.69, 9.17) is 9.47 Å². The Morgan fingerprint density at radius 3 is 2.48 bits per heavy atom. The van der Waals surface area contributed by atoms with E-state index < -0.39 is 17.8 Å². The Hall–Kier alpha value is -2.70. The fourth-order valence-electron chi connectivity index (χ4n) is 3.61. The average Bonchev–Trinajstić information content (AvgIpc) is 2.87. The van der Waals surface area contributed by atoms with E-state index in [1.807, 2.05) is 24.3 Å². The first-order valence-electron chi connectivity index (χ1n) is 9.61. The van der Waals surface area contributed by atoms with Gasteiger partial charge in [-0.15, -0.1) is 0 Å². The minimum absolute atomic E-state index is 0.110. The van der Waals surface area contributed by atoms with Crippen molar-refractivity contribution in [3.05, 3.63) is 65.2 Å². The van der Waals surface area contributed by atoms with E-state index in [-0.39, 0.29) is 12.1 Å². The first kappa shape index (κ1) is 21.0. The van der Waals surface area contributed by atoms with E-state index in [1.54, 1.807) is 18.9 Å². The van der Waals surface area contributed by atoms with Crippen LogP contribution in [0.4, 0.5) is 18.0 Å². The Balaban J connectivity index is 1.84. The first-order chi connectivity index (χ1) is 13.8. The van der Waals surface area contributed by atoms with Gasteiger partial charge in [-0.1, -0.05) is 24.3 Å². The van der Waals surface area contributed by atoms with Crippen LogP contribution in [0.2, 0.25) is 0 Å².